The van der Waals surface area contributed by atoms with E-state index in [-0.39, 0.29) is 23.0 Å². The van der Waals surface area contributed by atoms with E-state index in [0.29, 0.717) is 16.8 Å². The van der Waals surface area contributed by atoms with Crippen LogP contribution in [0.4, 0.5) is 0 Å². The second-order valence-corrected chi connectivity index (χ2v) is 4.18. The number of hydrogen-bond acceptors (Lipinski definition) is 4. The van der Waals surface area contributed by atoms with E-state index < -0.39 is 0 Å². The normalized spacial score (nSPS) is 14.9. The first-order valence-corrected chi connectivity index (χ1v) is 6.00. The van der Waals surface area contributed by atoms with E-state index in [1.54, 1.807) is 36.4 Å². The number of benzene rings is 1. The van der Waals surface area contributed by atoms with Gasteiger partial charge in [0.2, 0.25) is 11.6 Å². The van der Waals surface area contributed by atoms with Crippen LogP contribution in [0.15, 0.2) is 72.7 Å². The Morgan fingerprint density at radius 1 is 1.10 bits per heavy atom. The van der Waals surface area contributed by atoms with Crippen LogP contribution in [0.3, 0.4) is 0 Å². The van der Waals surface area contributed by atoms with Crippen molar-refractivity contribution in [3.8, 4) is 0 Å². The fraction of sp³-hybridized carbons (Fsp3) is 0. The first kappa shape index (κ1) is 13.5. The van der Waals surface area contributed by atoms with Gasteiger partial charge in [0.25, 0.3) is 0 Å². The second-order valence-electron chi connectivity index (χ2n) is 4.18. The molecule has 0 saturated heterocycles. The highest BCUT2D eigenvalue weighted by molar-refractivity contribution is 6.26. The molecule has 1 aromatic rings. The predicted octanol–water partition coefficient (Wildman–Crippen LogP) is 2.08. The van der Waals surface area contributed by atoms with E-state index in [4.69, 9.17) is 5.73 Å². The molecule has 0 amide bonds. The minimum atomic E-state index is -0.357. The smallest absolute Gasteiger partial charge is 0.212 e. The molecule has 1 aliphatic carbocycles. The summed E-state index contributed by atoms with van der Waals surface area (Å²) in [4.78, 5) is 24.5. The molecule has 0 heterocycles. The molecular formula is C16H14N2O2. The average molecular weight is 266 g/mol. The van der Waals surface area contributed by atoms with E-state index in [2.05, 4.69) is 18.5 Å². The summed E-state index contributed by atoms with van der Waals surface area (Å²) in [5.41, 5.74) is 6.98. The van der Waals surface area contributed by atoms with Gasteiger partial charge in [0.15, 0.2) is 0 Å². The average Bonchev–Trinajstić information content (AvgIpc) is 2.48. The topological polar surface area (TPSA) is 72.2 Å². The number of rotatable bonds is 4. The lowest BCUT2D eigenvalue weighted by Crippen LogP contribution is -2.33. The molecule has 1 aromatic carbocycles. The molecular weight excluding hydrogens is 252 g/mol. The molecule has 0 atom stereocenters. The van der Waals surface area contributed by atoms with Crippen molar-refractivity contribution in [2.75, 3.05) is 0 Å². The van der Waals surface area contributed by atoms with Gasteiger partial charge in [-0.1, -0.05) is 43.5 Å². The maximum Gasteiger partial charge on any atom is 0.212 e. The quantitative estimate of drug-likeness (QED) is 0.818. The summed E-state index contributed by atoms with van der Waals surface area (Å²) in [6.45, 7) is 7.19. The lowest BCUT2D eigenvalue weighted by atomic mass is 9.90. The van der Waals surface area contributed by atoms with Crippen LogP contribution in [0.1, 0.15) is 20.7 Å². The molecule has 0 aliphatic heterocycles. The Kier molecular flexibility index (Phi) is 3.66. The van der Waals surface area contributed by atoms with Crippen LogP contribution in [0.2, 0.25) is 0 Å². The van der Waals surface area contributed by atoms with E-state index >= 15 is 0 Å². The molecule has 0 radical (unpaired) electrons. The lowest BCUT2D eigenvalue weighted by Gasteiger charge is -2.19. The van der Waals surface area contributed by atoms with Gasteiger partial charge in [0.1, 0.15) is 11.4 Å². The molecule has 2 rings (SSSR count). The Balaban J connectivity index is 2.49. The van der Waals surface area contributed by atoms with E-state index in [1.165, 1.54) is 6.08 Å². The van der Waals surface area contributed by atoms with E-state index in [9.17, 15) is 9.59 Å². The van der Waals surface area contributed by atoms with Crippen molar-refractivity contribution in [1.82, 2.24) is 5.32 Å². The third kappa shape index (κ3) is 2.19. The molecule has 3 N–H and O–H groups in total. The summed E-state index contributed by atoms with van der Waals surface area (Å²) in [6.07, 6.45) is 4.69. The minimum Gasteiger partial charge on any atom is -0.394 e. The van der Waals surface area contributed by atoms with Gasteiger partial charge in [-0.3, -0.25) is 9.59 Å². The first-order chi connectivity index (χ1) is 9.60. The molecule has 0 saturated carbocycles. The minimum absolute atomic E-state index is 0.0710. The van der Waals surface area contributed by atoms with Crippen molar-refractivity contribution in [1.29, 1.82) is 0 Å². The molecule has 1 aliphatic rings. The molecule has 0 spiro atoms. The Morgan fingerprint density at radius 3 is 2.25 bits per heavy atom. The van der Waals surface area contributed by atoms with Crippen molar-refractivity contribution in [2.45, 2.75) is 0 Å². The number of fused-ring (bicyclic) bond motifs is 1. The van der Waals surface area contributed by atoms with Crippen LogP contribution >= 0.6 is 0 Å². The highest BCUT2D eigenvalue weighted by atomic mass is 16.1. The molecule has 0 fully saturated rings. The van der Waals surface area contributed by atoms with Gasteiger partial charge in [-0.25, -0.2) is 0 Å². The first-order valence-electron chi connectivity index (χ1n) is 6.00. The van der Waals surface area contributed by atoms with Gasteiger partial charge in [-0.15, -0.1) is 0 Å². The van der Waals surface area contributed by atoms with Gasteiger partial charge in [-0.2, -0.15) is 0 Å². The van der Waals surface area contributed by atoms with Crippen molar-refractivity contribution < 1.29 is 9.59 Å². The summed E-state index contributed by atoms with van der Waals surface area (Å²) in [6, 6.07) is 6.60. The fourth-order valence-electron chi connectivity index (χ4n) is 1.95. The molecule has 0 unspecified atom stereocenters. The maximum absolute atomic E-state index is 12.4. The number of carbonyl (C=O) groups is 2. The summed E-state index contributed by atoms with van der Waals surface area (Å²) in [7, 11) is 0. The fourth-order valence-corrected chi connectivity index (χ4v) is 1.95. The largest absolute Gasteiger partial charge is 0.394 e. The van der Waals surface area contributed by atoms with Crippen LogP contribution in [0, 0.1) is 0 Å². The number of ketones is 2. The lowest BCUT2D eigenvalue weighted by molar-refractivity contribution is 0.0969. The summed E-state index contributed by atoms with van der Waals surface area (Å²) in [5, 5.41) is 2.83. The molecule has 4 heteroatoms. The van der Waals surface area contributed by atoms with E-state index in [0.717, 1.165) is 0 Å². The van der Waals surface area contributed by atoms with Gasteiger partial charge in [0, 0.05) is 16.8 Å². The SMILES string of the molecule is C=C/C=C(\C=C)NC1=C(N)C(=O)c2ccccc2C1=O. The van der Waals surface area contributed by atoms with Gasteiger partial charge in [-0.05, 0) is 12.2 Å². The van der Waals surface area contributed by atoms with E-state index in [1.807, 2.05) is 0 Å². The Morgan fingerprint density at radius 2 is 1.70 bits per heavy atom. The molecule has 0 aromatic heterocycles. The third-order valence-corrected chi connectivity index (χ3v) is 2.94. The number of Topliss-reactive ketones (excluding diaryl/α,β-unsaturated/α-hetero) is 2. The number of carbonyl (C=O) groups excluding carboxylic acids is 2. The monoisotopic (exact) mass is 266 g/mol. The molecule has 4 nitrogen and oxygen atoms in total. The summed E-state index contributed by atoms with van der Waals surface area (Å²) >= 11 is 0. The summed E-state index contributed by atoms with van der Waals surface area (Å²) < 4.78 is 0. The van der Waals surface area contributed by atoms with Crippen LogP contribution in [-0.4, -0.2) is 11.6 Å². The van der Waals surface area contributed by atoms with Crippen molar-refractivity contribution in [3.05, 3.63) is 83.9 Å². The Labute approximate surface area is 117 Å². The Hall–Kier alpha value is -2.88. The predicted molar refractivity (Wildman–Crippen MR) is 77.9 cm³/mol. The van der Waals surface area contributed by atoms with Crippen LogP contribution in [0.25, 0.3) is 0 Å². The van der Waals surface area contributed by atoms with Gasteiger partial charge in [0.05, 0.1) is 0 Å². The van der Waals surface area contributed by atoms with Crippen LogP contribution < -0.4 is 11.1 Å². The van der Waals surface area contributed by atoms with Crippen LogP contribution in [0.5, 0.6) is 0 Å². The van der Waals surface area contributed by atoms with Gasteiger partial charge >= 0.3 is 0 Å². The van der Waals surface area contributed by atoms with Crippen molar-refractivity contribution in [3.63, 3.8) is 0 Å². The number of nitrogens with two attached hydrogens (primary N) is 1. The zero-order chi connectivity index (χ0) is 14.7. The van der Waals surface area contributed by atoms with Gasteiger partial charge < -0.3 is 11.1 Å². The van der Waals surface area contributed by atoms with Crippen molar-refractivity contribution >= 4 is 11.6 Å². The third-order valence-electron chi connectivity index (χ3n) is 2.94. The Bertz CT molecular complexity index is 681. The summed E-state index contributed by atoms with van der Waals surface area (Å²) in [5.74, 6) is -0.667. The standard InChI is InChI=1S/C16H14N2O2/c1-3-7-10(4-2)18-14-13(17)15(19)11-8-5-6-9-12(11)16(14)20/h3-9,18H,1-2,17H2/b10-7+. The number of nitrogens with one attached hydrogen (secondary N) is 1. The zero-order valence-electron chi connectivity index (χ0n) is 10.8. The number of allylic oxidation sites excluding steroid dienone is 5. The highest BCUT2D eigenvalue weighted by Gasteiger charge is 2.30. The zero-order valence-corrected chi connectivity index (χ0v) is 10.8. The van der Waals surface area contributed by atoms with Crippen LogP contribution in [-0.2, 0) is 0 Å². The molecule has 20 heavy (non-hydrogen) atoms. The second kappa shape index (κ2) is 5.40. The van der Waals surface area contributed by atoms with Crippen molar-refractivity contribution in [2.24, 2.45) is 5.73 Å². The molecule has 0 bridgehead atoms. The molecule has 100 valence electrons. The number of hydrogen-bond donors (Lipinski definition) is 2. The highest BCUT2D eigenvalue weighted by Crippen LogP contribution is 2.23. The maximum atomic E-state index is 12.4.